The third-order valence-corrected chi connectivity index (χ3v) is 3.73. The Hall–Kier alpha value is -1.24. The summed E-state index contributed by atoms with van der Waals surface area (Å²) in [5.41, 5.74) is 5.68. The molecule has 1 nitrogen and oxygen atoms in total. The summed E-state index contributed by atoms with van der Waals surface area (Å²) in [5, 5.41) is 0. The second-order valence-corrected chi connectivity index (χ2v) is 6.21. The largest absolute Gasteiger partial charge is 0.320 e. The molecule has 1 heteroatoms. The molecule has 0 atom stereocenters. The Morgan fingerprint density at radius 2 is 1.50 bits per heavy atom. The predicted octanol–water partition coefficient (Wildman–Crippen LogP) is 5.31. The van der Waals surface area contributed by atoms with Gasteiger partial charge in [-0.1, -0.05) is 47.6 Å². The zero-order valence-electron chi connectivity index (χ0n) is 12.5. The summed E-state index contributed by atoms with van der Waals surface area (Å²) in [6.07, 6.45) is 2.32. The van der Waals surface area contributed by atoms with Gasteiger partial charge in [-0.15, -0.1) is 0 Å². The van der Waals surface area contributed by atoms with Gasteiger partial charge < -0.3 is 4.40 Å². The first-order chi connectivity index (χ1) is 8.41. The molecule has 0 bridgehead atoms. The molecule has 0 saturated heterocycles. The highest BCUT2D eigenvalue weighted by Gasteiger charge is 2.14. The second-order valence-electron chi connectivity index (χ2n) is 6.21. The Balaban J connectivity index is 2.71. The number of fused-ring (bicyclic) bond motifs is 1. The summed E-state index contributed by atoms with van der Waals surface area (Å²) < 4.78 is 2.40. The lowest BCUT2D eigenvalue weighted by Crippen LogP contribution is -1.98. The van der Waals surface area contributed by atoms with Crippen molar-refractivity contribution >= 4 is 5.52 Å². The van der Waals surface area contributed by atoms with E-state index in [4.69, 9.17) is 0 Å². The number of rotatable bonds is 3. The van der Waals surface area contributed by atoms with Gasteiger partial charge in [0, 0.05) is 17.4 Å². The van der Waals surface area contributed by atoms with Crippen LogP contribution in [0.25, 0.3) is 5.52 Å². The summed E-state index contributed by atoms with van der Waals surface area (Å²) >= 11 is 0. The van der Waals surface area contributed by atoms with Crippen molar-refractivity contribution in [1.82, 2.24) is 4.40 Å². The molecule has 2 rings (SSSR count). The van der Waals surface area contributed by atoms with Gasteiger partial charge >= 0.3 is 0 Å². The lowest BCUT2D eigenvalue weighted by molar-refractivity contribution is 0.794. The van der Waals surface area contributed by atoms with Crippen LogP contribution >= 0.6 is 0 Å². The van der Waals surface area contributed by atoms with Crippen LogP contribution in [0.15, 0.2) is 24.4 Å². The van der Waals surface area contributed by atoms with Crippen molar-refractivity contribution in [3.05, 3.63) is 41.2 Å². The number of nitrogens with zero attached hydrogens (tertiary/aromatic N) is 1. The van der Waals surface area contributed by atoms with Crippen molar-refractivity contribution in [3.63, 3.8) is 0 Å². The number of hydrogen-bond donors (Lipinski definition) is 0. The normalized spacial score (nSPS) is 12.3. The molecule has 0 fully saturated rings. The van der Waals surface area contributed by atoms with E-state index in [1.54, 1.807) is 0 Å². The SMILES string of the molecule is CC(C)c1ccc2c(C(C)C)cc(C(C)C)n2c1. The molecule has 0 N–H and O–H groups in total. The molecular weight excluding hydrogens is 218 g/mol. The molecule has 0 unspecified atom stereocenters. The van der Waals surface area contributed by atoms with E-state index in [0.717, 1.165) is 0 Å². The molecule has 0 amide bonds. The van der Waals surface area contributed by atoms with E-state index in [-0.39, 0.29) is 0 Å². The maximum atomic E-state index is 2.40. The van der Waals surface area contributed by atoms with Crippen LogP contribution in [0.2, 0.25) is 0 Å². The van der Waals surface area contributed by atoms with E-state index in [1.807, 2.05) is 0 Å². The number of hydrogen-bond acceptors (Lipinski definition) is 0. The zero-order valence-corrected chi connectivity index (χ0v) is 12.5. The highest BCUT2D eigenvalue weighted by molar-refractivity contribution is 5.60. The van der Waals surface area contributed by atoms with Crippen LogP contribution < -0.4 is 0 Å². The van der Waals surface area contributed by atoms with Crippen molar-refractivity contribution < 1.29 is 0 Å². The molecule has 0 aliphatic carbocycles. The molecule has 18 heavy (non-hydrogen) atoms. The first kappa shape index (κ1) is 13.2. The van der Waals surface area contributed by atoms with Crippen molar-refractivity contribution in [1.29, 1.82) is 0 Å². The summed E-state index contributed by atoms with van der Waals surface area (Å²) in [5.74, 6) is 1.73. The van der Waals surface area contributed by atoms with Crippen LogP contribution in [0.3, 0.4) is 0 Å². The van der Waals surface area contributed by atoms with Crippen LogP contribution in [-0.4, -0.2) is 4.40 Å². The molecule has 98 valence electrons. The molecule has 0 saturated carbocycles. The van der Waals surface area contributed by atoms with Gasteiger partial charge in [-0.2, -0.15) is 0 Å². The van der Waals surface area contributed by atoms with E-state index in [9.17, 15) is 0 Å². The van der Waals surface area contributed by atoms with Gasteiger partial charge in [0.15, 0.2) is 0 Å². The van der Waals surface area contributed by atoms with Gasteiger partial charge in [-0.05, 0) is 41.0 Å². The van der Waals surface area contributed by atoms with Crippen molar-refractivity contribution in [2.75, 3.05) is 0 Å². The molecule has 0 spiro atoms. The monoisotopic (exact) mass is 243 g/mol. The van der Waals surface area contributed by atoms with Gasteiger partial charge in [0.25, 0.3) is 0 Å². The van der Waals surface area contributed by atoms with E-state index in [1.165, 1.54) is 22.3 Å². The van der Waals surface area contributed by atoms with E-state index in [2.05, 4.69) is 70.3 Å². The minimum Gasteiger partial charge on any atom is -0.320 e. The Morgan fingerprint density at radius 1 is 0.833 bits per heavy atom. The molecule has 2 aromatic heterocycles. The van der Waals surface area contributed by atoms with E-state index >= 15 is 0 Å². The van der Waals surface area contributed by atoms with Crippen LogP contribution in [0.1, 0.15) is 76.1 Å². The fourth-order valence-corrected chi connectivity index (χ4v) is 2.52. The molecule has 2 heterocycles. The summed E-state index contributed by atoms with van der Waals surface area (Å²) in [6, 6.07) is 6.95. The molecule has 0 aliphatic rings. The van der Waals surface area contributed by atoms with Crippen molar-refractivity contribution in [3.8, 4) is 0 Å². The van der Waals surface area contributed by atoms with Crippen LogP contribution in [-0.2, 0) is 0 Å². The summed E-state index contributed by atoms with van der Waals surface area (Å²) in [7, 11) is 0. The van der Waals surface area contributed by atoms with E-state index in [0.29, 0.717) is 17.8 Å². The Bertz CT molecular complexity index is 544. The average molecular weight is 243 g/mol. The number of aromatic nitrogens is 1. The second kappa shape index (κ2) is 4.79. The smallest absolute Gasteiger partial charge is 0.0487 e. The van der Waals surface area contributed by atoms with Gasteiger partial charge in [-0.25, -0.2) is 0 Å². The average Bonchev–Trinajstić information content (AvgIpc) is 2.67. The maximum Gasteiger partial charge on any atom is 0.0487 e. The molecular formula is C17H25N. The standard InChI is InChI=1S/C17H25N/c1-11(2)14-7-8-16-15(12(3)4)9-17(13(5)6)18(16)10-14/h7-13H,1-6H3. The van der Waals surface area contributed by atoms with Gasteiger partial charge in [-0.3, -0.25) is 0 Å². The maximum absolute atomic E-state index is 2.40. The van der Waals surface area contributed by atoms with Gasteiger partial charge in [0.1, 0.15) is 0 Å². The summed E-state index contributed by atoms with van der Waals surface area (Å²) in [4.78, 5) is 0. The van der Waals surface area contributed by atoms with Crippen molar-refractivity contribution in [2.45, 2.75) is 59.3 Å². The topological polar surface area (TPSA) is 4.41 Å². The Morgan fingerprint density at radius 3 is 2.00 bits per heavy atom. The fraction of sp³-hybridized carbons (Fsp3) is 0.529. The lowest BCUT2D eigenvalue weighted by Gasteiger charge is -2.11. The number of pyridine rings is 1. The first-order valence-electron chi connectivity index (χ1n) is 7.06. The first-order valence-corrected chi connectivity index (χ1v) is 7.06. The molecule has 2 aromatic rings. The van der Waals surface area contributed by atoms with Gasteiger partial charge in [0.2, 0.25) is 0 Å². The van der Waals surface area contributed by atoms with E-state index < -0.39 is 0 Å². The molecule has 0 aliphatic heterocycles. The molecule has 0 radical (unpaired) electrons. The highest BCUT2D eigenvalue weighted by Crippen LogP contribution is 2.29. The summed E-state index contributed by atoms with van der Waals surface area (Å²) in [6.45, 7) is 13.6. The zero-order chi connectivity index (χ0) is 13.4. The van der Waals surface area contributed by atoms with Gasteiger partial charge in [0.05, 0.1) is 0 Å². The Labute approximate surface area is 111 Å². The minimum atomic E-state index is 0.562. The van der Waals surface area contributed by atoms with Crippen LogP contribution in [0.5, 0.6) is 0 Å². The molecule has 0 aromatic carbocycles. The third kappa shape index (κ3) is 2.19. The third-order valence-electron chi connectivity index (χ3n) is 3.73. The van der Waals surface area contributed by atoms with Crippen molar-refractivity contribution in [2.24, 2.45) is 0 Å². The quantitative estimate of drug-likeness (QED) is 0.688. The van der Waals surface area contributed by atoms with Crippen LogP contribution in [0, 0.1) is 0 Å². The lowest BCUT2D eigenvalue weighted by atomic mass is 10.0. The fourth-order valence-electron chi connectivity index (χ4n) is 2.52. The Kier molecular flexibility index (Phi) is 3.52. The van der Waals surface area contributed by atoms with Crippen LogP contribution in [0.4, 0.5) is 0 Å². The minimum absolute atomic E-state index is 0.562. The highest BCUT2D eigenvalue weighted by atomic mass is 14.9. The predicted molar refractivity (Wildman–Crippen MR) is 79.7 cm³/mol.